The van der Waals surface area contributed by atoms with Gasteiger partial charge in [0.2, 0.25) is 0 Å². The molecule has 0 amide bonds. The van der Waals surface area contributed by atoms with Crippen LogP contribution in [-0.2, 0) is 4.79 Å². The molecule has 0 N–H and O–H groups in total. The van der Waals surface area contributed by atoms with Gasteiger partial charge in [0.1, 0.15) is 0 Å². The predicted molar refractivity (Wildman–Crippen MR) is 69.7 cm³/mol. The first-order valence-corrected chi connectivity index (χ1v) is 5.82. The van der Waals surface area contributed by atoms with Crippen molar-refractivity contribution in [3.8, 4) is 0 Å². The molecular formula is C12H8N2O3S. The lowest BCUT2D eigenvalue weighted by molar-refractivity contribution is -0.384. The first kappa shape index (κ1) is 12.3. The molecule has 0 unspecified atom stereocenters. The highest BCUT2D eigenvalue weighted by Gasteiger charge is 2.04. The molecule has 2 rings (SSSR count). The Morgan fingerprint density at radius 2 is 1.67 bits per heavy atom. The monoisotopic (exact) mass is 260 g/mol. The number of hydrogen-bond acceptors (Lipinski definition) is 5. The van der Waals surface area contributed by atoms with Gasteiger partial charge in [-0.25, -0.2) is 4.40 Å². The zero-order valence-corrected chi connectivity index (χ0v) is 9.96. The third-order valence-corrected chi connectivity index (χ3v) is 2.93. The Hall–Kier alpha value is -2.21. The van der Waals surface area contributed by atoms with E-state index in [0.29, 0.717) is 5.71 Å². The van der Waals surface area contributed by atoms with Crippen molar-refractivity contribution in [1.82, 2.24) is 0 Å². The third-order valence-electron chi connectivity index (χ3n) is 2.14. The summed E-state index contributed by atoms with van der Waals surface area (Å²) in [6, 6.07) is 6.12. The molecule has 0 aromatic heterocycles. The van der Waals surface area contributed by atoms with E-state index >= 15 is 0 Å². The van der Waals surface area contributed by atoms with E-state index in [0.717, 1.165) is 4.90 Å². The van der Waals surface area contributed by atoms with Crippen LogP contribution in [0.2, 0.25) is 0 Å². The fourth-order valence-electron chi connectivity index (χ4n) is 1.24. The standard InChI is InChI=1S/C12H8N2O3S/c15-11-5-1-9(2-6-11)13-18-12-7-3-10(4-8-12)14(16)17/h1-8H. The molecule has 1 aromatic carbocycles. The van der Waals surface area contributed by atoms with Crippen LogP contribution in [0.5, 0.6) is 0 Å². The molecule has 0 spiro atoms. The van der Waals surface area contributed by atoms with Crippen LogP contribution < -0.4 is 0 Å². The number of hydrogen-bond donors (Lipinski definition) is 0. The van der Waals surface area contributed by atoms with Gasteiger partial charge in [0.15, 0.2) is 5.78 Å². The molecule has 90 valence electrons. The number of carbonyl (C=O) groups is 1. The van der Waals surface area contributed by atoms with Crippen LogP contribution >= 0.6 is 11.9 Å². The maximum atomic E-state index is 10.9. The number of carbonyl (C=O) groups excluding carboxylic acids is 1. The van der Waals surface area contributed by atoms with Crippen molar-refractivity contribution in [3.63, 3.8) is 0 Å². The number of benzene rings is 1. The van der Waals surface area contributed by atoms with Crippen molar-refractivity contribution in [1.29, 1.82) is 0 Å². The number of nitrogens with zero attached hydrogens (tertiary/aromatic N) is 2. The van der Waals surface area contributed by atoms with Gasteiger partial charge in [0, 0.05) is 29.0 Å². The van der Waals surface area contributed by atoms with Crippen LogP contribution in [0.4, 0.5) is 5.69 Å². The summed E-state index contributed by atoms with van der Waals surface area (Å²) in [5.74, 6) is -0.0608. The molecule has 1 aliphatic rings. The minimum atomic E-state index is -0.446. The van der Waals surface area contributed by atoms with Crippen LogP contribution in [0.25, 0.3) is 0 Å². The molecule has 1 aromatic rings. The summed E-state index contributed by atoms with van der Waals surface area (Å²) in [6.07, 6.45) is 6.13. The number of ketones is 1. The molecule has 0 fully saturated rings. The van der Waals surface area contributed by atoms with Gasteiger partial charge < -0.3 is 0 Å². The lowest BCUT2D eigenvalue weighted by atomic mass is 10.2. The third kappa shape index (κ3) is 3.14. The number of nitro groups is 1. The highest BCUT2D eigenvalue weighted by Crippen LogP contribution is 2.22. The van der Waals surface area contributed by atoms with Crippen molar-refractivity contribution < 1.29 is 9.72 Å². The zero-order chi connectivity index (χ0) is 13.0. The van der Waals surface area contributed by atoms with Crippen molar-refractivity contribution in [2.75, 3.05) is 0 Å². The Balaban J connectivity index is 2.04. The first-order chi connectivity index (χ1) is 8.65. The van der Waals surface area contributed by atoms with Gasteiger partial charge in [-0.1, -0.05) is 0 Å². The van der Waals surface area contributed by atoms with Gasteiger partial charge in [-0.05, 0) is 36.4 Å². The van der Waals surface area contributed by atoms with Crippen LogP contribution in [0.1, 0.15) is 0 Å². The van der Waals surface area contributed by atoms with Crippen molar-refractivity contribution >= 4 is 29.1 Å². The first-order valence-electron chi connectivity index (χ1n) is 5.05. The molecule has 0 radical (unpaired) electrons. The number of nitro benzene ring substituents is 1. The second-order valence-electron chi connectivity index (χ2n) is 3.43. The minimum Gasteiger partial charge on any atom is -0.290 e. The summed E-state index contributed by atoms with van der Waals surface area (Å²) in [7, 11) is 0. The zero-order valence-electron chi connectivity index (χ0n) is 9.15. The second-order valence-corrected chi connectivity index (χ2v) is 4.26. The van der Waals surface area contributed by atoms with Crippen LogP contribution in [0, 0.1) is 10.1 Å². The molecule has 0 heterocycles. The van der Waals surface area contributed by atoms with Crippen LogP contribution in [0.3, 0.4) is 0 Å². The highest BCUT2D eigenvalue weighted by atomic mass is 32.2. The Morgan fingerprint density at radius 1 is 1.06 bits per heavy atom. The lowest BCUT2D eigenvalue weighted by Crippen LogP contribution is -1.97. The largest absolute Gasteiger partial charge is 0.290 e. The summed E-state index contributed by atoms with van der Waals surface area (Å²) in [5.41, 5.74) is 0.730. The van der Waals surface area contributed by atoms with E-state index in [4.69, 9.17) is 0 Å². The fraction of sp³-hybridized carbons (Fsp3) is 0. The topological polar surface area (TPSA) is 72.6 Å². The van der Waals surface area contributed by atoms with E-state index in [1.54, 1.807) is 24.3 Å². The van der Waals surface area contributed by atoms with E-state index in [1.807, 2.05) is 0 Å². The Bertz CT molecular complexity index is 555. The molecule has 0 saturated heterocycles. The number of rotatable bonds is 3. The van der Waals surface area contributed by atoms with Gasteiger partial charge in [0.25, 0.3) is 5.69 Å². The van der Waals surface area contributed by atoms with E-state index < -0.39 is 4.92 Å². The van der Waals surface area contributed by atoms with Gasteiger partial charge in [-0.2, -0.15) is 0 Å². The highest BCUT2D eigenvalue weighted by molar-refractivity contribution is 7.98. The average molecular weight is 260 g/mol. The van der Waals surface area contributed by atoms with Gasteiger partial charge in [-0.3, -0.25) is 14.9 Å². The number of non-ortho nitro benzene ring substituents is 1. The fourth-order valence-corrected chi connectivity index (χ4v) is 1.83. The van der Waals surface area contributed by atoms with E-state index in [1.165, 1.54) is 36.2 Å². The van der Waals surface area contributed by atoms with E-state index in [-0.39, 0.29) is 11.5 Å². The smallest absolute Gasteiger partial charge is 0.269 e. The minimum absolute atomic E-state index is 0.0510. The number of allylic oxidation sites excluding steroid dienone is 4. The Kier molecular flexibility index (Phi) is 3.69. The quantitative estimate of drug-likeness (QED) is 0.362. The molecule has 0 saturated carbocycles. The van der Waals surface area contributed by atoms with Crippen molar-refractivity contribution in [3.05, 3.63) is 58.7 Å². The van der Waals surface area contributed by atoms with Crippen molar-refractivity contribution in [2.45, 2.75) is 4.90 Å². The molecule has 0 bridgehead atoms. The average Bonchev–Trinajstić information content (AvgIpc) is 2.38. The predicted octanol–water partition coefficient (Wildman–Crippen LogP) is 2.74. The Labute approximate surface area is 107 Å². The van der Waals surface area contributed by atoms with Gasteiger partial charge in [-0.15, -0.1) is 0 Å². The molecule has 6 heteroatoms. The summed E-state index contributed by atoms with van der Waals surface area (Å²) in [4.78, 5) is 21.7. The molecule has 18 heavy (non-hydrogen) atoms. The summed E-state index contributed by atoms with van der Waals surface area (Å²) >= 11 is 1.20. The van der Waals surface area contributed by atoms with Crippen LogP contribution in [0.15, 0.2) is 57.9 Å². The van der Waals surface area contributed by atoms with E-state index in [2.05, 4.69) is 4.40 Å². The Morgan fingerprint density at radius 3 is 2.22 bits per heavy atom. The van der Waals surface area contributed by atoms with Crippen LogP contribution in [-0.4, -0.2) is 16.4 Å². The normalized spacial score (nSPS) is 13.8. The van der Waals surface area contributed by atoms with Crippen molar-refractivity contribution in [2.24, 2.45) is 4.40 Å². The molecule has 0 atom stereocenters. The summed E-state index contributed by atoms with van der Waals surface area (Å²) in [5, 5.41) is 10.5. The van der Waals surface area contributed by atoms with Gasteiger partial charge >= 0.3 is 0 Å². The molecule has 0 aliphatic heterocycles. The molecule has 1 aliphatic carbocycles. The molecular weight excluding hydrogens is 252 g/mol. The van der Waals surface area contributed by atoms with Gasteiger partial charge in [0.05, 0.1) is 10.6 Å². The summed E-state index contributed by atoms with van der Waals surface area (Å²) in [6.45, 7) is 0. The maximum Gasteiger partial charge on any atom is 0.269 e. The second kappa shape index (κ2) is 5.42. The lowest BCUT2D eigenvalue weighted by Gasteiger charge is -1.99. The molecule has 5 nitrogen and oxygen atoms in total. The summed E-state index contributed by atoms with van der Waals surface area (Å²) < 4.78 is 4.20. The maximum absolute atomic E-state index is 10.9. The van der Waals surface area contributed by atoms with E-state index in [9.17, 15) is 14.9 Å². The SMILES string of the molecule is O=C1C=CC(=NSc2ccc([N+](=O)[O-])cc2)C=C1.